The van der Waals surface area contributed by atoms with E-state index in [-0.39, 0.29) is 5.54 Å². The Balaban J connectivity index is 2.10. The van der Waals surface area contributed by atoms with Crippen molar-refractivity contribution in [3.05, 3.63) is 6.07 Å². The maximum atomic E-state index is 4.66. The van der Waals surface area contributed by atoms with Crippen LogP contribution in [0.15, 0.2) is 11.2 Å². The number of hydrogen-bond acceptors (Lipinski definition) is 6. The highest BCUT2D eigenvalue weighted by atomic mass is 32.2. The lowest BCUT2D eigenvalue weighted by molar-refractivity contribution is 0.128. The van der Waals surface area contributed by atoms with Crippen molar-refractivity contribution in [2.75, 3.05) is 49.2 Å². The van der Waals surface area contributed by atoms with Crippen LogP contribution in [0, 0.1) is 0 Å². The Morgan fingerprint density at radius 1 is 1.19 bits per heavy atom. The fraction of sp³-hybridized carbons (Fsp3) is 0.733. The van der Waals surface area contributed by atoms with E-state index in [9.17, 15) is 0 Å². The smallest absolute Gasteiger partial charge is 0.191 e. The van der Waals surface area contributed by atoms with Gasteiger partial charge in [0.15, 0.2) is 5.16 Å². The van der Waals surface area contributed by atoms with Crippen LogP contribution in [-0.2, 0) is 0 Å². The fourth-order valence-corrected chi connectivity index (χ4v) is 2.92. The van der Waals surface area contributed by atoms with E-state index < -0.39 is 0 Å². The Hall–Kier alpha value is -1.01. The molecular weight excluding hydrogens is 282 g/mol. The molecule has 0 spiro atoms. The SMILES string of the molecule is CCNc1cc(N2CCN(C(C)(C)C)CC2)nc(SC)n1. The van der Waals surface area contributed by atoms with E-state index in [1.54, 1.807) is 11.8 Å². The number of nitrogens with one attached hydrogen (secondary N) is 1. The minimum Gasteiger partial charge on any atom is -0.370 e. The third-order valence-electron chi connectivity index (χ3n) is 3.78. The minimum atomic E-state index is 0.247. The second kappa shape index (κ2) is 6.83. The van der Waals surface area contributed by atoms with E-state index in [1.807, 2.05) is 6.26 Å². The summed E-state index contributed by atoms with van der Waals surface area (Å²) in [6.07, 6.45) is 2.02. The maximum absolute atomic E-state index is 4.66. The van der Waals surface area contributed by atoms with E-state index in [0.717, 1.165) is 49.5 Å². The van der Waals surface area contributed by atoms with Gasteiger partial charge in [-0.3, -0.25) is 4.90 Å². The van der Waals surface area contributed by atoms with E-state index in [0.29, 0.717) is 0 Å². The Morgan fingerprint density at radius 2 is 1.86 bits per heavy atom. The zero-order valence-corrected chi connectivity index (χ0v) is 14.6. The molecule has 0 aromatic carbocycles. The highest BCUT2D eigenvalue weighted by Crippen LogP contribution is 2.23. The number of aromatic nitrogens is 2. The normalized spacial score (nSPS) is 17.1. The summed E-state index contributed by atoms with van der Waals surface area (Å²) in [6, 6.07) is 2.07. The van der Waals surface area contributed by atoms with Crippen LogP contribution in [0.3, 0.4) is 0 Å². The number of hydrogen-bond donors (Lipinski definition) is 1. The van der Waals surface area contributed by atoms with Crippen molar-refractivity contribution in [2.24, 2.45) is 0 Å². The van der Waals surface area contributed by atoms with Gasteiger partial charge in [-0.15, -0.1) is 0 Å². The van der Waals surface area contributed by atoms with Gasteiger partial charge in [-0.1, -0.05) is 11.8 Å². The number of piperazine rings is 1. The standard InChI is InChI=1S/C15H27N5S/c1-6-16-12-11-13(18-14(17-12)21-5)19-7-9-20(10-8-19)15(2,3)4/h11H,6-10H2,1-5H3,(H,16,17,18). The molecule has 0 amide bonds. The first-order valence-corrected chi connectivity index (χ1v) is 8.83. The lowest BCUT2D eigenvalue weighted by Crippen LogP contribution is -2.53. The van der Waals surface area contributed by atoms with Gasteiger partial charge in [-0.05, 0) is 34.0 Å². The van der Waals surface area contributed by atoms with E-state index in [2.05, 4.69) is 58.8 Å². The van der Waals surface area contributed by atoms with Crippen LogP contribution in [0.2, 0.25) is 0 Å². The second-order valence-corrected chi connectivity index (χ2v) is 7.05. The fourth-order valence-electron chi connectivity index (χ4n) is 2.54. The zero-order chi connectivity index (χ0) is 15.5. The first-order valence-electron chi connectivity index (χ1n) is 7.61. The van der Waals surface area contributed by atoms with E-state index in [1.165, 1.54) is 0 Å². The van der Waals surface area contributed by atoms with E-state index >= 15 is 0 Å². The quantitative estimate of drug-likeness (QED) is 0.681. The molecule has 21 heavy (non-hydrogen) atoms. The van der Waals surface area contributed by atoms with Crippen LogP contribution in [0.1, 0.15) is 27.7 Å². The van der Waals surface area contributed by atoms with Gasteiger partial charge in [0.05, 0.1) is 0 Å². The van der Waals surface area contributed by atoms with Crippen LogP contribution in [-0.4, -0.2) is 59.4 Å². The molecule has 0 atom stereocenters. The van der Waals surface area contributed by atoms with Crippen LogP contribution < -0.4 is 10.2 Å². The van der Waals surface area contributed by atoms with Crippen molar-refractivity contribution >= 4 is 23.4 Å². The van der Waals surface area contributed by atoms with Crippen molar-refractivity contribution in [1.82, 2.24) is 14.9 Å². The molecule has 1 aliphatic heterocycles. The maximum Gasteiger partial charge on any atom is 0.191 e. The summed E-state index contributed by atoms with van der Waals surface area (Å²) in [4.78, 5) is 14.1. The van der Waals surface area contributed by atoms with Crippen molar-refractivity contribution in [3.63, 3.8) is 0 Å². The summed E-state index contributed by atoms with van der Waals surface area (Å²) in [5.41, 5.74) is 0.247. The molecule has 2 heterocycles. The van der Waals surface area contributed by atoms with Crippen molar-refractivity contribution in [1.29, 1.82) is 0 Å². The Labute approximate surface area is 132 Å². The molecule has 1 aromatic rings. The van der Waals surface area contributed by atoms with Crippen LogP contribution in [0.25, 0.3) is 0 Å². The molecule has 6 heteroatoms. The molecule has 0 aliphatic carbocycles. The van der Waals surface area contributed by atoms with Crippen LogP contribution in [0.5, 0.6) is 0 Å². The van der Waals surface area contributed by atoms with Gasteiger partial charge in [0, 0.05) is 44.3 Å². The third kappa shape index (κ3) is 4.23. The van der Waals surface area contributed by atoms with Gasteiger partial charge in [0.2, 0.25) is 0 Å². The first-order chi connectivity index (χ1) is 9.94. The summed E-state index contributed by atoms with van der Waals surface area (Å²) < 4.78 is 0. The summed E-state index contributed by atoms with van der Waals surface area (Å²) in [5.74, 6) is 1.96. The monoisotopic (exact) mass is 309 g/mol. The van der Waals surface area contributed by atoms with Gasteiger partial charge >= 0.3 is 0 Å². The molecule has 5 nitrogen and oxygen atoms in total. The predicted molar refractivity (Wildman–Crippen MR) is 91.5 cm³/mol. The van der Waals surface area contributed by atoms with Gasteiger partial charge in [-0.25, -0.2) is 9.97 Å². The summed E-state index contributed by atoms with van der Waals surface area (Å²) in [7, 11) is 0. The van der Waals surface area contributed by atoms with Gasteiger partial charge in [0.25, 0.3) is 0 Å². The Kier molecular flexibility index (Phi) is 5.32. The van der Waals surface area contributed by atoms with Crippen LogP contribution in [0.4, 0.5) is 11.6 Å². The van der Waals surface area contributed by atoms with Gasteiger partial charge < -0.3 is 10.2 Å². The summed E-state index contributed by atoms with van der Waals surface area (Å²) in [6.45, 7) is 14.0. The van der Waals surface area contributed by atoms with Crippen molar-refractivity contribution < 1.29 is 0 Å². The molecule has 1 saturated heterocycles. The molecule has 1 fully saturated rings. The first kappa shape index (κ1) is 16.4. The number of thioether (sulfide) groups is 1. The lowest BCUT2D eigenvalue weighted by Gasteiger charge is -2.42. The topological polar surface area (TPSA) is 44.3 Å². The predicted octanol–water partition coefficient (Wildman–Crippen LogP) is 2.55. The molecule has 0 radical (unpaired) electrons. The Morgan fingerprint density at radius 3 is 2.38 bits per heavy atom. The molecule has 1 N–H and O–H groups in total. The van der Waals surface area contributed by atoms with Gasteiger partial charge in [-0.2, -0.15) is 0 Å². The summed E-state index contributed by atoms with van der Waals surface area (Å²) >= 11 is 1.59. The minimum absolute atomic E-state index is 0.247. The molecule has 1 aliphatic rings. The second-order valence-electron chi connectivity index (χ2n) is 6.27. The molecule has 0 saturated carbocycles. The van der Waals surface area contributed by atoms with Crippen LogP contribution >= 0.6 is 11.8 Å². The average molecular weight is 309 g/mol. The Bertz CT molecular complexity index is 464. The van der Waals surface area contributed by atoms with Crippen molar-refractivity contribution in [3.8, 4) is 0 Å². The number of anilines is 2. The number of nitrogens with zero attached hydrogens (tertiary/aromatic N) is 4. The highest BCUT2D eigenvalue weighted by Gasteiger charge is 2.26. The molecular formula is C15H27N5S. The lowest BCUT2D eigenvalue weighted by atomic mass is 10.1. The van der Waals surface area contributed by atoms with E-state index in [4.69, 9.17) is 0 Å². The third-order valence-corrected chi connectivity index (χ3v) is 4.33. The number of rotatable bonds is 4. The average Bonchev–Trinajstić information content (AvgIpc) is 2.46. The largest absolute Gasteiger partial charge is 0.370 e. The molecule has 118 valence electrons. The summed E-state index contributed by atoms with van der Waals surface area (Å²) in [5, 5.41) is 4.13. The zero-order valence-electron chi connectivity index (χ0n) is 13.8. The molecule has 1 aromatic heterocycles. The molecule has 2 rings (SSSR count). The van der Waals surface area contributed by atoms with Gasteiger partial charge in [0.1, 0.15) is 11.6 Å². The highest BCUT2D eigenvalue weighted by molar-refractivity contribution is 7.98. The molecule has 0 bridgehead atoms. The molecule has 0 unspecified atom stereocenters. The van der Waals surface area contributed by atoms with Crippen molar-refractivity contribution in [2.45, 2.75) is 38.4 Å².